The molecule has 0 aliphatic carbocycles. The summed E-state index contributed by atoms with van der Waals surface area (Å²) in [5.74, 6) is 3.54. The van der Waals surface area contributed by atoms with Crippen LogP contribution in [-0.4, -0.2) is 31.0 Å². The maximum Gasteiger partial charge on any atom is 0.231 e. The zero-order chi connectivity index (χ0) is 16.5. The average molecular weight is 327 g/mol. The first-order valence-electron chi connectivity index (χ1n) is 7.51. The summed E-state index contributed by atoms with van der Waals surface area (Å²) in [5.41, 5.74) is 2.76. The van der Waals surface area contributed by atoms with Crippen LogP contribution in [0.4, 0.5) is 5.95 Å². The number of ether oxygens (including phenoxy) is 4. The molecule has 0 saturated heterocycles. The SMILES string of the molecule is COc1cc2nc(NCc3ccc4c(c3)OCO4)[nH]c2cc1OC. The first-order valence-corrected chi connectivity index (χ1v) is 7.51. The van der Waals surface area contributed by atoms with Gasteiger partial charge in [0.05, 0.1) is 25.3 Å². The van der Waals surface area contributed by atoms with Crippen molar-refractivity contribution in [2.75, 3.05) is 26.3 Å². The largest absolute Gasteiger partial charge is 0.493 e. The molecule has 0 radical (unpaired) electrons. The molecule has 0 amide bonds. The van der Waals surface area contributed by atoms with Crippen molar-refractivity contribution in [2.24, 2.45) is 0 Å². The van der Waals surface area contributed by atoms with Crippen molar-refractivity contribution in [2.45, 2.75) is 6.54 Å². The van der Waals surface area contributed by atoms with Crippen molar-refractivity contribution in [3.05, 3.63) is 35.9 Å². The van der Waals surface area contributed by atoms with Gasteiger partial charge in [0.25, 0.3) is 0 Å². The lowest BCUT2D eigenvalue weighted by molar-refractivity contribution is 0.174. The van der Waals surface area contributed by atoms with Crippen LogP contribution in [0.5, 0.6) is 23.0 Å². The minimum absolute atomic E-state index is 0.277. The molecule has 0 bridgehead atoms. The third-order valence-electron chi connectivity index (χ3n) is 3.88. The third-order valence-corrected chi connectivity index (χ3v) is 3.88. The Balaban J connectivity index is 1.54. The van der Waals surface area contributed by atoms with Crippen molar-refractivity contribution in [1.82, 2.24) is 9.97 Å². The van der Waals surface area contributed by atoms with Gasteiger partial charge in [-0.05, 0) is 17.7 Å². The van der Waals surface area contributed by atoms with Gasteiger partial charge >= 0.3 is 0 Å². The van der Waals surface area contributed by atoms with E-state index in [1.165, 1.54) is 0 Å². The topological polar surface area (TPSA) is 77.6 Å². The Hall–Kier alpha value is -3.09. The second kappa shape index (κ2) is 5.84. The molecule has 1 aliphatic heterocycles. The van der Waals surface area contributed by atoms with E-state index in [1.54, 1.807) is 14.2 Å². The van der Waals surface area contributed by atoms with E-state index in [-0.39, 0.29) is 6.79 Å². The predicted octanol–water partition coefficient (Wildman–Crippen LogP) is 2.92. The van der Waals surface area contributed by atoms with Crippen LogP contribution < -0.4 is 24.3 Å². The number of nitrogens with zero attached hydrogens (tertiary/aromatic N) is 1. The summed E-state index contributed by atoms with van der Waals surface area (Å²) in [7, 11) is 3.22. The third kappa shape index (κ3) is 2.54. The fourth-order valence-electron chi connectivity index (χ4n) is 2.66. The molecule has 1 aliphatic rings. The summed E-state index contributed by atoms with van der Waals surface area (Å²) >= 11 is 0. The van der Waals surface area contributed by atoms with Gasteiger partial charge in [0.1, 0.15) is 0 Å². The van der Waals surface area contributed by atoms with E-state index in [0.29, 0.717) is 24.0 Å². The van der Waals surface area contributed by atoms with Crippen molar-refractivity contribution in [1.29, 1.82) is 0 Å². The van der Waals surface area contributed by atoms with Crippen LogP contribution >= 0.6 is 0 Å². The fourth-order valence-corrected chi connectivity index (χ4v) is 2.66. The summed E-state index contributed by atoms with van der Waals surface area (Å²) in [5, 5.41) is 3.27. The molecular weight excluding hydrogens is 310 g/mol. The number of rotatable bonds is 5. The number of anilines is 1. The minimum atomic E-state index is 0.277. The highest BCUT2D eigenvalue weighted by Gasteiger charge is 2.13. The lowest BCUT2D eigenvalue weighted by Crippen LogP contribution is -2.00. The Morgan fingerprint density at radius 3 is 2.71 bits per heavy atom. The number of benzene rings is 2. The molecule has 0 fully saturated rings. The van der Waals surface area contributed by atoms with Crippen molar-refractivity contribution in [3.8, 4) is 23.0 Å². The van der Waals surface area contributed by atoms with Crippen LogP contribution in [0, 0.1) is 0 Å². The summed E-state index contributed by atoms with van der Waals surface area (Å²) in [6, 6.07) is 9.58. The van der Waals surface area contributed by atoms with Gasteiger partial charge in [0, 0.05) is 18.7 Å². The number of fused-ring (bicyclic) bond motifs is 2. The van der Waals surface area contributed by atoms with Crippen LogP contribution in [0.1, 0.15) is 5.56 Å². The predicted molar refractivity (Wildman–Crippen MR) is 89.1 cm³/mol. The van der Waals surface area contributed by atoms with E-state index in [2.05, 4.69) is 15.3 Å². The zero-order valence-electron chi connectivity index (χ0n) is 13.4. The summed E-state index contributed by atoms with van der Waals surface area (Å²) in [6.07, 6.45) is 0. The number of hydrogen-bond acceptors (Lipinski definition) is 6. The standard InChI is InChI=1S/C17H17N3O4/c1-21-14-6-11-12(7-15(14)22-2)20-17(19-11)18-8-10-3-4-13-16(5-10)24-9-23-13/h3-7H,8-9H2,1-2H3,(H2,18,19,20). The molecule has 3 aromatic rings. The average Bonchev–Trinajstić information content (AvgIpc) is 3.23. The Kier molecular flexibility index (Phi) is 3.53. The van der Waals surface area contributed by atoms with E-state index in [1.807, 2.05) is 30.3 Å². The number of methoxy groups -OCH3 is 2. The Labute approximate surface area is 138 Å². The van der Waals surface area contributed by atoms with E-state index in [0.717, 1.165) is 28.1 Å². The fraction of sp³-hybridized carbons (Fsp3) is 0.235. The van der Waals surface area contributed by atoms with Crippen LogP contribution in [0.15, 0.2) is 30.3 Å². The molecule has 1 aromatic heterocycles. The molecule has 0 saturated carbocycles. The molecule has 7 heteroatoms. The highest BCUT2D eigenvalue weighted by molar-refractivity contribution is 5.81. The molecule has 0 spiro atoms. The minimum Gasteiger partial charge on any atom is -0.493 e. The molecule has 4 rings (SSSR count). The zero-order valence-corrected chi connectivity index (χ0v) is 13.4. The number of aromatic amines is 1. The van der Waals surface area contributed by atoms with E-state index >= 15 is 0 Å². The first kappa shape index (κ1) is 14.5. The van der Waals surface area contributed by atoms with Gasteiger partial charge in [-0.15, -0.1) is 0 Å². The van der Waals surface area contributed by atoms with Crippen LogP contribution in [0.3, 0.4) is 0 Å². The van der Waals surface area contributed by atoms with Gasteiger partial charge in [0.15, 0.2) is 23.0 Å². The number of nitrogens with one attached hydrogen (secondary N) is 2. The molecule has 124 valence electrons. The van der Waals surface area contributed by atoms with Crippen LogP contribution in [-0.2, 0) is 6.54 Å². The number of H-pyrrole nitrogens is 1. The van der Waals surface area contributed by atoms with Gasteiger partial charge < -0.3 is 29.2 Å². The summed E-state index contributed by atoms with van der Waals surface area (Å²) in [4.78, 5) is 7.76. The first-order chi connectivity index (χ1) is 11.8. The molecule has 2 aromatic carbocycles. The van der Waals surface area contributed by atoms with Gasteiger partial charge in [-0.3, -0.25) is 0 Å². The molecule has 24 heavy (non-hydrogen) atoms. The normalized spacial score (nSPS) is 12.4. The van der Waals surface area contributed by atoms with E-state index in [9.17, 15) is 0 Å². The lowest BCUT2D eigenvalue weighted by Gasteiger charge is -2.06. The monoisotopic (exact) mass is 327 g/mol. The number of aromatic nitrogens is 2. The maximum absolute atomic E-state index is 5.39. The summed E-state index contributed by atoms with van der Waals surface area (Å²) in [6.45, 7) is 0.893. The van der Waals surface area contributed by atoms with Gasteiger partial charge in [-0.1, -0.05) is 6.07 Å². The maximum atomic E-state index is 5.39. The molecule has 2 heterocycles. The lowest BCUT2D eigenvalue weighted by atomic mass is 10.2. The van der Waals surface area contributed by atoms with Gasteiger partial charge in [-0.25, -0.2) is 4.98 Å². The molecule has 0 atom stereocenters. The van der Waals surface area contributed by atoms with E-state index in [4.69, 9.17) is 18.9 Å². The molecule has 2 N–H and O–H groups in total. The smallest absolute Gasteiger partial charge is 0.231 e. The second-order valence-electron chi connectivity index (χ2n) is 5.35. The van der Waals surface area contributed by atoms with Crippen LogP contribution in [0.2, 0.25) is 0 Å². The van der Waals surface area contributed by atoms with Gasteiger partial charge in [0.2, 0.25) is 12.7 Å². The van der Waals surface area contributed by atoms with Crippen LogP contribution in [0.25, 0.3) is 11.0 Å². The quantitative estimate of drug-likeness (QED) is 0.750. The highest BCUT2D eigenvalue weighted by atomic mass is 16.7. The second-order valence-corrected chi connectivity index (χ2v) is 5.35. The molecule has 0 unspecified atom stereocenters. The van der Waals surface area contributed by atoms with Gasteiger partial charge in [-0.2, -0.15) is 0 Å². The highest BCUT2D eigenvalue weighted by Crippen LogP contribution is 2.33. The number of imidazole rings is 1. The Bertz CT molecular complexity index is 850. The molecular formula is C17H17N3O4. The van der Waals surface area contributed by atoms with Crippen molar-refractivity contribution in [3.63, 3.8) is 0 Å². The summed E-state index contributed by atoms with van der Waals surface area (Å²) < 4.78 is 21.3. The number of hydrogen-bond donors (Lipinski definition) is 2. The van der Waals surface area contributed by atoms with Crippen molar-refractivity contribution >= 4 is 17.0 Å². The van der Waals surface area contributed by atoms with Crippen molar-refractivity contribution < 1.29 is 18.9 Å². The van der Waals surface area contributed by atoms with E-state index < -0.39 is 0 Å². The Morgan fingerprint density at radius 2 is 1.88 bits per heavy atom. The molecule has 7 nitrogen and oxygen atoms in total. The Morgan fingerprint density at radius 1 is 1.08 bits per heavy atom.